The summed E-state index contributed by atoms with van der Waals surface area (Å²) in [6.45, 7) is 2.19. The number of hydrogen-bond donors (Lipinski definition) is 1. The standard InChI is InChI=1S/C19H19ClN2O2/c1-13(23)22-10-9-14-5-2-3-8-17(14)18(22)12-19(24)21-16-7-4-6-15(20)11-16/h2-8,11,18H,9-10,12H2,1H3,(H,21,24). The van der Waals surface area contributed by atoms with Crippen molar-refractivity contribution < 1.29 is 9.59 Å². The van der Waals surface area contributed by atoms with Crippen LogP contribution in [0.3, 0.4) is 0 Å². The minimum atomic E-state index is -0.230. The number of halogens is 1. The highest BCUT2D eigenvalue weighted by Crippen LogP contribution is 2.32. The zero-order chi connectivity index (χ0) is 17.1. The van der Waals surface area contributed by atoms with Crippen LogP contribution in [0.25, 0.3) is 0 Å². The average Bonchev–Trinajstić information content (AvgIpc) is 2.54. The Balaban J connectivity index is 1.80. The highest BCUT2D eigenvalue weighted by Gasteiger charge is 2.30. The molecule has 1 aliphatic rings. The van der Waals surface area contributed by atoms with Crippen molar-refractivity contribution in [1.82, 2.24) is 4.90 Å². The lowest BCUT2D eigenvalue weighted by Crippen LogP contribution is -2.40. The molecule has 0 saturated heterocycles. The predicted molar refractivity (Wildman–Crippen MR) is 95.0 cm³/mol. The number of benzene rings is 2. The van der Waals surface area contributed by atoms with Crippen molar-refractivity contribution in [3.63, 3.8) is 0 Å². The number of hydrogen-bond acceptors (Lipinski definition) is 2. The molecule has 1 aliphatic heterocycles. The van der Waals surface area contributed by atoms with Crippen LogP contribution in [-0.4, -0.2) is 23.3 Å². The number of carbonyl (C=O) groups excluding carboxylic acids is 2. The van der Waals surface area contributed by atoms with Gasteiger partial charge in [-0.05, 0) is 35.7 Å². The second kappa shape index (κ2) is 7.05. The van der Waals surface area contributed by atoms with Gasteiger partial charge >= 0.3 is 0 Å². The van der Waals surface area contributed by atoms with Crippen molar-refractivity contribution >= 4 is 29.1 Å². The Labute approximate surface area is 146 Å². The minimum absolute atomic E-state index is 0.00920. The summed E-state index contributed by atoms with van der Waals surface area (Å²) in [5, 5.41) is 3.43. The molecule has 1 atom stereocenters. The first-order valence-corrected chi connectivity index (χ1v) is 8.33. The van der Waals surface area contributed by atoms with Crippen LogP contribution in [-0.2, 0) is 16.0 Å². The number of nitrogens with zero attached hydrogens (tertiary/aromatic N) is 1. The van der Waals surface area contributed by atoms with Gasteiger partial charge in [0.25, 0.3) is 0 Å². The lowest BCUT2D eigenvalue weighted by molar-refractivity contribution is -0.132. The SMILES string of the molecule is CC(=O)N1CCc2ccccc2C1CC(=O)Nc1cccc(Cl)c1. The molecule has 0 fully saturated rings. The third-order valence-corrected chi connectivity index (χ3v) is 4.54. The Hall–Kier alpha value is -2.33. The molecule has 5 heteroatoms. The van der Waals surface area contributed by atoms with Crippen LogP contribution in [0.15, 0.2) is 48.5 Å². The summed E-state index contributed by atoms with van der Waals surface area (Å²) < 4.78 is 0. The molecule has 1 N–H and O–H groups in total. The number of fused-ring (bicyclic) bond motifs is 1. The van der Waals surface area contributed by atoms with Gasteiger partial charge in [0.1, 0.15) is 0 Å². The van der Waals surface area contributed by atoms with Gasteiger partial charge in [-0.3, -0.25) is 9.59 Å². The summed E-state index contributed by atoms with van der Waals surface area (Å²) in [7, 11) is 0. The van der Waals surface area contributed by atoms with E-state index in [2.05, 4.69) is 11.4 Å². The minimum Gasteiger partial charge on any atom is -0.335 e. The fraction of sp³-hybridized carbons (Fsp3) is 0.263. The molecule has 4 nitrogen and oxygen atoms in total. The van der Waals surface area contributed by atoms with Crippen molar-refractivity contribution in [2.24, 2.45) is 0 Å². The molecule has 2 aromatic carbocycles. The monoisotopic (exact) mass is 342 g/mol. The third-order valence-electron chi connectivity index (χ3n) is 4.30. The molecule has 2 aromatic rings. The molecular weight excluding hydrogens is 324 g/mol. The van der Waals surface area contributed by atoms with Crippen LogP contribution in [0, 0.1) is 0 Å². The lowest BCUT2D eigenvalue weighted by Gasteiger charge is -2.36. The van der Waals surface area contributed by atoms with Gasteiger partial charge in [0.15, 0.2) is 0 Å². The third kappa shape index (κ3) is 3.60. The first kappa shape index (κ1) is 16.5. The molecule has 1 unspecified atom stereocenters. The summed E-state index contributed by atoms with van der Waals surface area (Å²) in [5.41, 5.74) is 2.92. The molecule has 124 valence electrons. The Bertz CT molecular complexity index is 775. The van der Waals surface area contributed by atoms with E-state index in [1.165, 1.54) is 5.56 Å². The summed E-state index contributed by atoms with van der Waals surface area (Å²) in [4.78, 5) is 26.2. The van der Waals surface area contributed by atoms with Crippen molar-refractivity contribution in [1.29, 1.82) is 0 Å². The van der Waals surface area contributed by atoms with Gasteiger partial charge < -0.3 is 10.2 Å². The molecular formula is C19H19ClN2O2. The highest BCUT2D eigenvalue weighted by molar-refractivity contribution is 6.30. The maximum atomic E-state index is 12.5. The van der Waals surface area contributed by atoms with E-state index in [1.54, 1.807) is 36.1 Å². The van der Waals surface area contributed by atoms with Gasteiger partial charge in [0.2, 0.25) is 11.8 Å². The number of rotatable bonds is 3. The topological polar surface area (TPSA) is 49.4 Å². The van der Waals surface area contributed by atoms with Crippen LogP contribution in [0.4, 0.5) is 5.69 Å². The number of anilines is 1. The zero-order valence-electron chi connectivity index (χ0n) is 13.5. The van der Waals surface area contributed by atoms with E-state index in [1.807, 2.05) is 18.2 Å². The van der Waals surface area contributed by atoms with Gasteiger partial charge in [0, 0.05) is 24.2 Å². The molecule has 0 bridgehead atoms. The van der Waals surface area contributed by atoms with Crippen LogP contribution in [0.2, 0.25) is 5.02 Å². The largest absolute Gasteiger partial charge is 0.335 e. The molecule has 1 heterocycles. The maximum absolute atomic E-state index is 12.5. The fourth-order valence-corrected chi connectivity index (χ4v) is 3.39. The van der Waals surface area contributed by atoms with E-state index in [0.29, 0.717) is 17.3 Å². The van der Waals surface area contributed by atoms with Crippen molar-refractivity contribution in [2.45, 2.75) is 25.8 Å². The van der Waals surface area contributed by atoms with Crippen LogP contribution in [0.1, 0.15) is 30.5 Å². The zero-order valence-corrected chi connectivity index (χ0v) is 14.2. The normalized spacial score (nSPS) is 16.4. The van der Waals surface area contributed by atoms with Gasteiger partial charge in [-0.1, -0.05) is 41.9 Å². The Morgan fingerprint density at radius 3 is 2.75 bits per heavy atom. The second-order valence-electron chi connectivity index (χ2n) is 5.94. The molecule has 3 rings (SSSR count). The van der Waals surface area contributed by atoms with E-state index < -0.39 is 0 Å². The first-order valence-electron chi connectivity index (χ1n) is 7.95. The molecule has 0 saturated carbocycles. The Kier molecular flexibility index (Phi) is 4.86. The Morgan fingerprint density at radius 2 is 2.00 bits per heavy atom. The van der Waals surface area contributed by atoms with Crippen LogP contribution >= 0.6 is 11.6 Å². The smallest absolute Gasteiger partial charge is 0.226 e. The van der Waals surface area contributed by atoms with Crippen molar-refractivity contribution in [3.05, 3.63) is 64.7 Å². The van der Waals surface area contributed by atoms with Crippen molar-refractivity contribution in [2.75, 3.05) is 11.9 Å². The lowest BCUT2D eigenvalue weighted by atomic mass is 9.90. The number of carbonyl (C=O) groups is 2. The molecule has 24 heavy (non-hydrogen) atoms. The van der Waals surface area contributed by atoms with Gasteiger partial charge in [-0.25, -0.2) is 0 Å². The summed E-state index contributed by atoms with van der Waals surface area (Å²) in [5.74, 6) is -0.143. The van der Waals surface area contributed by atoms with E-state index in [9.17, 15) is 9.59 Å². The molecule has 0 spiro atoms. The fourth-order valence-electron chi connectivity index (χ4n) is 3.20. The van der Waals surface area contributed by atoms with Gasteiger partial charge in [-0.2, -0.15) is 0 Å². The summed E-state index contributed by atoms with van der Waals surface area (Å²) >= 11 is 5.95. The predicted octanol–water partition coefficient (Wildman–Crippen LogP) is 3.81. The molecule has 0 aromatic heterocycles. The van der Waals surface area contributed by atoms with Crippen molar-refractivity contribution in [3.8, 4) is 0 Å². The van der Waals surface area contributed by atoms with E-state index in [-0.39, 0.29) is 24.3 Å². The Morgan fingerprint density at radius 1 is 1.21 bits per heavy atom. The van der Waals surface area contributed by atoms with E-state index in [0.717, 1.165) is 12.0 Å². The van der Waals surface area contributed by atoms with E-state index in [4.69, 9.17) is 11.6 Å². The first-order chi connectivity index (χ1) is 11.5. The highest BCUT2D eigenvalue weighted by atomic mass is 35.5. The maximum Gasteiger partial charge on any atom is 0.226 e. The van der Waals surface area contributed by atoms with Gasteiger partial charge in [-0.15, -0.1) is 0 Å². The van der Waals surface area contributed by atoms with Crippen LogP contribution < -0.4 is 5.32 Å². The van der Waals surface area contributed by atoms with Gasteiger partial charge in [0.05, 0.1) is 12.5 Å². The molecule has 0 aliphatic carbocycles. The summed E-state index contributed by atoms with van der Waals surface area (Å²) in [6.07, 6.45) is 1.05. The summed E-state index contributed by atoms with van der Waals surface area (Å²) in [6, 6.07) is 14.8. The number of amides is 2. The van der Waals surface area contributed by atoms with Crippen LogP contribution in [0.5, 0.6) is 0 Å². The average molecular weight is 343 g/mol. The second-order valence-corrected chi connectivity index (χ2v) is 6.38. The quantitative estimate of drug-likeness (QED) is 0.922. The number of nitrogens with one attached hydrogen (secondary N) is 1. The molecule has 0 radical (unpaired) electrons. The molecule has 2 amide bonds. The van der Waals surface area contributed by atoms with E-state index >= 15 is 0 Å².